The molecule has 1 saturated carbocycles. The van der Waals surface area contributed by atoms with E-state index < -0.39 is 11.8 Å². The highest BCUT2D eigenvalue weighted by Crippen LogP contribution is 2.53. The summed E-state index contributed by atoms with van der Waals surface area (Å²) in [5.74, 6) is -1.49. The maximum absolute atomic E-state index is 15.1. The Morgan fingerprint density at radius 2 is 1.88 bits per heavy atom. The van der Waals surface area contributed by atoms with Crippen molar-refractivity contribution >= 4 is 27.7 Å². The zero-order valence-electron chi connectivity index (χ0n) is 18.0. The number of carboxylic acids is 1. The second-order valence-electron chi connectivity index (χ2n) is 8.48. The Morgan fingerprint density at radius 1 is 1.06 bits per heavy atom. The van der Waals surface area contributed by atoms with E-state index in [0.717, 1.165) is 28.9 Å². The number of aromatic nitrogens is 4. The molecule has 0 radical (unpaired) electrons. The minimum atomic E-state index is -1.07. The summed E-state index contributed by atoms with van der Waals surface area (Å²) in [5.41, 5.74) is 4.10. The fourth-order valence-electron chi connectivity index (χ4n) is 4.42. The lowest BCUT2D eigenvalue weighted by molar-refractivity contribution is 0.0684. The molecular weight excluding hydrogens is 451 g/mol. The van der Waals surface area contributed by atoms with E-state index in [0.29, 0.717) is 16.1 Å². The van der Waals surface area contributed by atoms with Crippen LogP contribution in [0.3, 0.4) is 0 Å². The number of fused-ring (bicyclic) bond motifs is 1. The van der Waals surface area contributed by atoms with Crippen LogP contribution in [0.1, 0.15) is 40.2 Å². The first-order chi connectivity index (χ1) is 16.5. The van der Waals surface area contributed by atoms with Crippen molar-refractivity contribution in [2.45, 2.75) is 24.8 Å². The topological polar surface area (TPSA) is 80.9 Å². The van der Waals surface area contributed by atoms with Crippen LogP contribution in [0.15, 0.2) is 72.9 Å². The summed E-state index contributed by atoms with van der Waals surface area (Å²) in [5, 5.41) is 13.8. The standard InChI is InChI=1S/C26H19FN4O2S/c27-19-14-16(15-31-21(25(32)33)10-13-28-31)6-7-18(19)23-29-20-8-9-22(30-24(20)34-23)26(11-12-26)17-4-2-1-3-5-17/h1-10,13-14H,11-12,15H2,(H,32,33). The largest absolute Gasteiger partial charge is 0.477 e. The van der Waals surface area contributed by atoms with E-state index in [1.54, 1.807) is 12.1 Å². The van der Waals surface area contributed by atoms with Crippen molar-refractivity contribution in [1.82, 2.24) is 19.7 Å². The average Bonchev–Trinajstić information content (AvgIpc) is 3.33. The van der Waals surface area contributed by atoms with Gasteiger partial charge in [-0.05, 0) is 54.3 Å². The maximum atomic E-state index is 15.1. The lowest BCUT2D eigenvalue weighted by atomic mass is 9.92. The molecule has 0 saturated heterocycles. The number of nitrogens with zero attached hydrogens (tertiary/aromatic N) is 4. The van der Waals surface area contributed by atoms with E-state index in [9.17, 15) is 9.90 Å². The van der Waals surface area contributed by atoms with Crippen LogP contribution in [0.2, 0.25) is 0 Å². The third-order valence-electron chi connectivity index (χ3n) is 6.35. The number of rotatable bonds is 6. The minimum Gasteiger partial charge on any atom is -0.477 e. The first-order valence-electron chi connectivity index (χ1n) is 10.9. The smallest absolute Gasteiger partial charge is 0.354 e. The molecular formula is C26H19FN4O2S. The summed E-state index contributed by atoms with van der Waals surface area (Å²) < 4.78 is 16.4. The van der Waals surface area contributed by atoms with Gasteiger partial charge >= 0.3 is 5.97 Å². The normalized spacial score (nSPS) is 14.4. The molecule has 6 nitrogen and oxygen atoms in total. The Kier molecular flexibility index (Phi) is 4.77. The zero-order valence-corrected chi connectivity index (χ0v) is 18.8. The number of benzene rings is 2. The molecule has 1 aliphatic rings. The summed E-state index contributed by atoms with van der Waals surface area (Å²) in [6.45, 7) is 0.165. The summed E-state index contributed by atoms with van der Waals surface area (Å²) in [6.07, 6.45) is 3.55. The summed E-state index contributed by atoms with van der Waals surface area (Å²) >= 11 is 1.38. The third-order valence-corrected chi connectivity index (χ3v) is 7.35. The first kappa shape index (κ1) is 20.7. The Balaban J connectivity index is 1.31. The highest BCUT2D eigenvalue weighted by atomic mass is 32.1. The molecule has 1 fully saturated rings. The molecule has 1 N–H and O–H groups in total. The number of pyridine rings is 1. The molecule has 2 aromatic carbocycles. The Hall–Kier alpha value is -3.91. The summed E-state index contributed by atoms with van der Waals surface area (Å²) in [6, 6.07) is 20.7. The number of aromatic carboxylic acids is 1. The van der Waals surface area contributed by atoms with Gasteiger partial charge in [0.05, 0.1) is 12.2 Å². The van der Waals surface area contributed by atoms with E-state index in [2.05, 4.69) is 34.3 Å². The highest BCUT2D eigenvalue weighted by Gasteiger charge is 2.47. The molecule has 5 aromatic rings. The van der Waals surface area contributed by atoms with Crippen molar-refractivity contribution in [1.29, 1.82) is 0 Å². The van der Waals surface area contributed by atoms with Gasteiger partial charge in [-0.25, -0.2) is 19.2 Å². The molecule has 8 heteroatoms. The van der Waals surface area contributed by atoms with Gasteiger partial charge in [0.2, 0.25) is 0 Å². The Morgan fingerprint density at radius 3 is 2.62 bits per heavy atom. The van der Waals surface area contributed by atoms with Gasteiger partial charge < -0.3 is 5.11 Å². The molecule has 0 amide bonds. The average molecular weight is 471 g/mol. The van der Waals surface area contributed by atoms with Gasteiger partial charge in [0, 0.05) is 17.2 Å². The molecule has 3 aromatic heterocycles. The highest BCUT2D eigenvalue weighted by molar-refractivity contribution is 7.21. The van der Waals surface area contributed by atoms with Crippen molar-refractivity contribution in [3.05, 3.63) is 101 Å². The van der Waals surface area contributed by atoms with E-state index in [-0.39, 0.29) is 17.7 Å². The summed E-state index contributed by atoms with van der Waals surface area (Å²) in [7, 11) is 0. The molecule has 0 aliphatic heterocycles. The molecule has 1 aliphatic carbocycles. The number of thiazole rings is 1. The molecule has 0 spiro atoms. The van der Waals surface area contributed by atoms with Crippen LogP contribution in [0, 0.1) is 5.82 Å². The van der Waals surface area contributed by atoms with E-state index >= 15 is 4.39 Å². The second kappa shape index (κ2) is 7.85. The third kappa shape index (κ3) is 3.47. The summed E-state index contributed by atoms with van der Waals surface area (Å²) in [4.78, 5) is 21.6. The van der Waals surface area contributed by atoms with Gasteiger partial charge in [0.15, 0.2) is 0 Å². The van der Waals surface area contributed by atoms with Gasteiger partial charge in [-0.1, -0.05) is 47.7 Å². The van der Waals surface area contributed by atoms with Gasteiger partial charge in [0.1, 0.15) is 26.9 Å². The predicted molar refractivity (Wildman–Crippen MR) is 128 cm³/mol. The van der Waals surface area contributed by atoms with Gasteiger partial charge in [-0.2, -0.15) is 5.10 Å². The van der Waals surface area contributed by atoms with Crippen LogP contribution < -0.4 is 0 Å². The fourth-order valence-corrected chi connectivity index (χ4v) is 5.38. The van der Waals surface area contributed by atoms with Crippen molar-refractivity contribution in [2.24, 2.45) is 0 Å². The molecule has 0 unspecified atom stereocenters. The minimum absolute atomic E-state index is 0.0339. The molecule has 3 heterocycles. The Bertz CT molecular complexity index is 1540. The van der Waals surface area contributed by atoms with Crippen LogP contribution in [-0.2, 0) is 12.0 Å². The second-order valence-corrected chi connectivity index (χ2v) is 9.46. The van der Waals surface area contributed by atoms with E-state index in [1.807, 2.05) is 18.2 Å². The van der Waals surface area contributed by atoms with Crippen molar-refractivity contribution in [2.75, 3.05) is 0 Å². The van der Waals surface area contributed by atoms with Gasteiger partial charge in [0.25, 0.3) is 0 Å². The lowest BCUT2D eigenvalue weighted by Gasteiger charge is -2.14. The van der Waals surface area contributed by atoms with Gasteiger partial charge in [-0.3, -0.25) is 4.68 Å². The molecule has 34 heavy (non-hydrogen) atoms. The predicted octanol–water partition coefficient (Wildman–Crippen LogP) is 5.52. The number of carboxylic acid groups (broad SMARTS) is 1. The fraction of sp³-hybridized carbons (Fsp3) is 0.154. The van der Waals surface area contributed by atoms with Crippen LogP contribution in [0.4, 0.5) is 4.39 Å². The van der Waals surface area contributed by atoms with Crippen LogP contribution in [-0.4, -0.2) is 30.8 Å². The van der Waals surface area contributed by atoms with Crippen LogP contribution >= 0.6 is 11.3 Å². The van der Waals surface area contributed by atoms with Crippen molar-refractivity contribution in [3.63, 3.8) is 0 Å². The Labute approximate surface area is 198 Å². The van der Waals surface area contributed by atoms with Crippen molar-refractivity contribution in [3.8, 4) is 10.6 Å². The molecule has 0 bridgehead atoms. The van der Waals surface area contributed by atoms with Crippen LogP contribution in [0.25, 0.3) is 20.9 Å². The monoisotopic (exact) mass is 470 g/mol. The van der Waals surface area contributed by atoms with Crippen LogP contribution in [0.5, 0.6) is 0 Å². The number of carbonyl (C=O) groups is 1. The number of hydrogen-bond acceptors (Lipinski definition) is 5. The maximum Gasteiger partial charge on any atom is 0.354 e. The first-order valence-corrected chi connectivity index (χ1v) is 11.7. The number of halogens is 1. The van der Waals surface area contributed by atoms with Crippen molar-refractivity contribution < 1.29 is 14.3 Å². The zero-order chi connectivity index (χ0) is 23.3. The van der Waals surface area contributed by atoms with E-state index in [1.165, 1.54) is 39.9 Å². The molecule has 168 valence electrons. The quantitative estimate of drug-likeness (QED) is 0.353. The molecule has 6 rings (SSSR count). The molecule has 0 atom stereocenters. The van der Waals surface area contributed by atoms with E-state index in [4.69, 9.17) is 4.98 Å². The SMILES string of the molecule is O=C(O)c1ccnn1Cc1ccc(-c2nc3ccc(C4(c5ccccc5)CC4)nc3s2)c(F)c1. The lowest BCUT2D eigenvalue weighted by Crippen LogP contribution is -2.11. The van der Waals surface area contributed by atoms with Gasteiger partial charge in [-0.15, -0.1) is 0 Å². The number of hydrogen-bond donors (Lipinski definition) is 1.